The molecule has 0 aliphatic carbocycles. The van der Waals surface area contributed by atoms with E-state index in [-0.39, 0.29) is 22.9 Å². The molecule has 0 saturated heterocycles. The van der Waals surface area contributed by atoms with Crippen LogP contribution in [0.15, 0.2) is 144 Å². The lowest BCUT2D eigenvalue weighted by Gasteiger charge is -2.27. The Labute approximate surface area is 235 Å². The summed E-state index contributed by atoms with van der Waals surface area (Å²) in [7, 11) is -3.99. The van der Waals surface area contributed by atoms with Crippen LogP contribution in [0.2, 0.25) is 0 Å². The number of hydrogen-bond acceptors (Lipinski definition) is 3. The Bertz CT molecular complexity index is 1670. The van der Waals surface area contributed by atoms with Crippen LogP contribution >= 0.6 is 0 Å². The molecule has 0 bridgehead atoms. The second kappa shape index (κ2) is 12.0. The number of anilines is 1. The summed E-state index contributed by atoms with van der Waals surface area (Å²) in [6.07, 6.45) is 0. The number of benzene rings is 5. The zero-order valence-corrected chi connectivity index (χ0v) is 23.0. The first kappa shape index (κ1) is 26.9. The van der Waals surface area contributed by atoms with E-state index >= 15 is 0 Å². The van der Waals surface area contributed by atoms with E-state index in [0.29, 0.717) is 5.69 Å². The van der Waals surface area contributed by atoms with Crippen LogP contribution in [0, 0.1) is 6.92 Å². The van der Waals surface area contributed by atoms with Gasteiger partial charge in [0, 0.05) is 0 Å². The Kier molecular flexibility index (Phi) is 8.08. The van der Waals surface area contributed by atoms with Gasteiger partial charge in [0.15, 0.2) is 0 Å². The van der Waals surface area contributed by atoms with Gasteiger partial charge in [-0.3, -0.25) is 9.10 Å². The van der Waals surface area contributed by atoms with Crippen LogP contribution in [-0.4, -0.2) is 14.3 Å². The maximum atomic E-state index is 14.0. The number of para-hydroxylation sites is 1. The van der Waals surface area contributed by atoms with Crippen LogP contribution in [0.3, 0.4) is 0 Å². The summed E-state index contributed by atoms with van der Waals surface area (Å²) in [5.41, 5.74) is 4.36. The standard InChI is InChI=1S/C34H30N2O3S/c1-26-21-23-29(24-22-26)33(28-15-7-3-8-16-28)35-34(37)31-19-11-12-20-32(31)36(25-27-13-5-2-6-14-27)40(38,39)30-17-9-4-10-18-30/h2-24,33H,25H2,1H3,(H,35,37). The molecule has 200 valence electrons. The summed E-state index contributed by atoms with van der Waals surface area (Å²) < 4.78 is 29.3. The highest BCUT2D eigenvalue weighted by molar-refractivity contribution is 7.92. The monoisotopic (exact) mass is 546 g/mol. The van der Waals surface area contributed by atoms with E-state index in [1.54, 1.807) is 54.6 Å². The lowest BCUT2D eigenvalue weighted by Crippen LogP contribution is -2.34. The van der Waals surface area contributed by atoms with Crippen LogP contribution in [-0.2, 0) is 16.6 Å². The van der Waals surface area contributed by atoms with Crippen molar-refractivity contribution in [3.05, 3.63) is 167 Å². The van der Waals surface area contributed by atoms with Crippen molar-refractivity contribution < 1.29 is 13.2 Å². The van der Waals surface area contributed by atoms with E-state index in [1.807, 2.05) is 91.9 Å². The molecular formula is C34H30N2O3S. The first-order valence-corrected chi connectivity index (χ1v) is 14.5. The van der Waals surface area contributed by atoms with E-state index in [0.717, 1.165) is 22.3 Å². The molecule has 5 nitrogen and oxygen atoms in total. The van der Waals surface area contributed by atoms with Gasteiger partial charge in [0.1, 0.15) is 0 Å². The number of rotatable bonds is 9. The Hall–Kier alpha value is -4.68. The van der Waals surface area contributed by atoms with E-state index in [1.165, 1.54) is 4.31 Å². The zero-order chi connectivity index (χ0) is 28.0. The number of aryl methyl sites for hydroxylation is 1. The van der Waals surface area contributed by atoms with Crippen molar-refractivity contribution in [3.8, 4) is 0 Å². The molecular weight excluding hydrogens is 516 g/mol. The maximum absolute atomic E-state index is 14.0. The van der Waals surface area contributed by atoms with Gasteiger partial charge in [-0.25, -0.2) is 8.42 Å². The first-order chi connectivity index (χ1) is 19.4. The van der Waals surface area contributed by atoms with Crippen molar-refractivity contribution in [3.63, 3.8) is 0 Å². The summed E-state index contributed by atoms with van der Waals surface area (Å²) >= 11 is 0. The molecule has 5 aromatic carbocycles. The minimum absolute atomic E-state index is 0.0719. The lowest BCUT2D eigenvalue weighted by molar-refractivity contribution is 0.0943. The van der Waals surface area contributed by atoms with Gasteiger partial charge in [-0.05, 0) is 47.9 Å². The number of hydrogen-bond donors (Lipinski definition) is 1. The van der Waals surface area contributed by atoms with Crippen molar-refractivity contribution in [2.75, 3.05) is 4.31 Å². The smallest absolute Gasteiger partial charge is 0.264 e. The zero-order valence-electron chi connectivity index (χ0n) is 22.1. The Balaban J connectivity index is 1.57. The number of sulfonamides is 1. The minimum atomic E-state index is -3.99. The molecule has 1 N–H and O–H groups in total. The fourth-order valence-electron chi connectivity index (χ4n) is 4.62. The SMILES string of the molecule is Cc1ccc(C(NC(=O)c2ccccc2N(Cc2ccccc2)S(=O)(=O)c2ccccc2)c2ccccc2)cc1. The number of amides is 1. The van der Waals surface area contributed by atoms with Gasteiger partial charge >= 0.3 is 0 Å². The molecule has 0 aliphatic heterocycles. The number of carbonyl (C=O) groups excluding carboxylic acids is 1. The highest BCUT2D eigenvalue weighted by Crippen LogP contribution is 2.30. The fourth-order valence-corrected chi connectivity index (χ4v) is 6.12. The number of nitrogens with zero attached hydrogens (tertiary/aromatic N) is 1. The van der Waals surface area contributed by atoms with Gasteiger partial charge < -0.3 is 5.32 Å². The van der Waals surface area contributed by atoms with E-state index in [4.69, 9.17) is 0 Å². The largest absolute Gasteiger partial charge is 0.341 e. The molecule has 0 aromatic heterocycles. The van der Waals surface area contributed by atoms with Gasteiger partial charge in [-0.1, -0.05) is 121 Å². The van der Waals surface area contributed by atoms with Crippen molar-refractivity contribution in [1.82, 2.24) is 5.32 Å². The summed E-state index contributed by atoms with van der Waals surface area (Å²) in [4.78, 5) is 14.1. The van der Waals surface area contributed by atoms with E-state index in [2.05, 4.69) is 5.32 Å². The van der Waals surface area contributed by atoms with Gasteiger partial charge in [-0.2, -0.15) is 0 Å². The molecule has 5 rings (SSSR count). The van der Waals surface area contributed by atoms with Gasteiger partial charge in [0.2, 0.25) is 0 Å². The molecule has 1 unspecified atom stereocenters. The average molecular weight is 547 g/mol. The molecule has 1 amide bonds. The molecule has 6 heteroatoms. The lowest BCUT2D eigenvalue weighted by atomic mass is 9.97. The van der Waals surface area contributed by atoms with Crippen LogP contribution in [0.25, 0.3) is 0 Å². The highest BCUT2D eigenvalue weighted by Gasteiger charge is 2.29. The predicted molar refractivity (Wildman–Crippen MR) is 160 cm³/mol. The molecule has 0 aliphatic rings. The van der Waals surface area contributed by atoms with Crippen molar-refractivity contribution in [2.45, 2.75) is 24.4 Å². The summed E-state index contributed by atoms with van der Waals surface area (Å²) in [6.45, 7) is 2.09. The minimum Gasteiger partial charge on any atom is -0.341 e. The van der Waals surface area contributed by atoms with Crippen LogP contribution < -0.4 is 9.62 Å². The van der Waals surface area contributed by atoms with Crippen molar-refractivity contribution in [1.29, 1.82) is 0 Å². The Morgan fingerprint density at radius 1 is 0.675 bits per heavy atom. The van der Waals surface area contributed by atoms with Crippen LogP contribution in [0.1, 0.15) is 38.7 Å². The van der Waals surface area contributed by atoms with Gasteiger partial charge in [0.25, 0.3) is 15.9 Å². The average Bonchev–Trinajstić information content (AvgIpc) is 3.00. The third-order valence-electron chi connectivity index (χ3n) is 6.74. The van der Waals surface area contributed by atoms with Crippen LogP contribution in [0.5, 0.6) is 0 Å². The first-order valence-electron chi connectivity index (χ1n) is 13.1. The summed E-state index contributed by atoms with van der Waals surface area (Å²) in [5.74, 6) is -0.369. The maximum Gasteiger partial charge on any atom is 0.264 e. The third-order valence-corrected chi connectivity index (χ3v) is 8.51. The highest BCUT2D eigenvalue weighted by atomic mass is 32.2. The van der Waals surface area contributed by atoms with Gasteiger partial charge in [0.05, 0.1) is 28.7 Å². The number of nitrogens with one attached hydrogen (secondary N) is 1. The summed E-state index contributed by atoms with van der Waals surface area (Å²) in [6, 6.07) is 41.9. The van der Waals surface area contributed by atoms with Gasteiger partial charge in [-0.15, -0.1) is 0 Å². The van der Waals surface area contributed by atoms with Crippen LogP contribution in [0.4, 0.5) is 5.69 Å². The van der Waals surface area contributed by atoms with Crippen molar-refractivity contribution >= 4 is 21.6 Å². The molecule has 1 atom stereocenters. The molecule has 0 saturated carbocycles. The second-order valence-corrected chi connectivity index (χ2v) is 11.4. The second-order valence-electron chi connectivity index (χ2n) is 9.56. The molecule has 5 aromatic rings. The van der Waals surface area contributed by atoms with E-state index < -0.39 is 16.1 Å². The normalized spacial score (nSPS) is 11.9. The molecule has 0 radical (unpaired) electrons. The quantitative estimate of drug-likeness (QED) is 0.218. The summed E-state index contributed by atoms with van der Waals surface area (Å²) in [5, 5.41) is 3.18. The topological polar surface area (TPSA) is 66.5 Å². The predicted octanol–water partition coefficient (Wildman–Crippen LogP) is 6.91. The fraction of sp³-hybridized carbons (Fsp3) is 0.0882. The Morgan fingerprint density at radius 3 is 1.85 bits per heavy atom. The third kappa shape index (κ3) is 5.98. The number of carbonyl (C=O) groups is 1. The molecule has 40 heavy (non-hydrogen) atoms. The molecule has 0 spiro atoms. The van der Waals surface area contributed by atoms with Crippen molar-refractivity contribution in [2.24, 2.45) is 0 Å². The Morgan fingerprint density at radius 2 is 1.20 bits per heavy atom. The molecule has 0 heterocycles. The van der Waals surface area contributed by atoms with E-state index in [9.17, 15) is 13.2 Å². The molecule has 0 fully saturated rings.